The van der Waals surface area contributed by atoms with Gasteiger partial charge in [0, 0.05) is 23.6 Å². The van der Waals surface area contributed by atoms with Crippen LogP contribution in [0.25, 0.3) is 10.8 Å². The summed E-state index contributed by atoms with van der Waals surface area (Å²) in [5, 5.41) is 2.37. The van der Waals surface area contributed by atoms with Crippen molar-refractivity contribution in [2.75, 3.05) is 0 Å². The Morgan fingerprint density at radius 1 is 0.917 bits per heavy atom. The van der Waals surface area contributed by atoms with Gasteiger partial charge in [0.05, 0.1) is 11.4 Å². The van der Waals surface area contributed by atoms with E-state index < -0.39 is 7.25 Å². The van der Waals surface area contributed by atoms with E-state index in [1.807, 2.05) is 41.5 Å². The molecule has 8 heteroatoms. The molecular weight excluding hydrogens is 323 g/mol. The first kappa shape index (κ1) is 17.7. The highest BCUT2D eigenvalue weighted by Gasteiger charge is 2.20. The van der Waals surface area contributed by atoms with Crippen LogP contribution in [0.15, 0.2) is 59.7 Å². The monoisotopic (exact) mass is 338 g/mol. The summed E-state index contributed by atoms with van der Waals surface area (Å²) in [4.78, 5) is 11.5. The maximum absolute atomic E-state index is 11.5. The first-order valence-corrected chi connectivity index (χ1v) is 7.13. The second kappa shape index (κ2) is 6.86. The number of hydrogen-bond donors (Lipinski definition) is 0. The Morgan fingerprint density at radius 2 is 1.42 bits per heavy atom. The zero-order valence-corrected chi connectivity index (χ0v) is 13.1. The molecule has 3 nitrogen and oxygen atoms in total. The molecule has 2 aromatic heterocycles. The zero-order valence-electron chi connectivity index (χ0n) is 13.1. The normalized spacial score (nSPS) is 11.1. The van der Waals surface area contributed by atoms with E-state index in [1.54, 1.807) is 12.1 Å². The van der Waals surface area contributed by atoms with Crippen molar-refractivity contribution in [3.63, 3.8) is 0 Å². The maximum atomic E-state index is 11.5. The molecule has 0 radical (unpaired) electrons. The van der Waals surface area contributed by atoms with Crippen LogP contribution < -0.4 is 10.1 Å². The molecule has 0 atom stereocenters. The van der Waals surface area contributed by atoms with Gasteiger partial charge < -0.3 is 17.3 Å². The first-order chi connectivity index (χ1) is 11.1. The van der Waals surface area contributed by atoms with Crippen LogP contribution in [-0.4, -0.2) is 11.9 Å². The number of pyridine rings is 2. The van der Waals surface area contributed by atoms with Gasteiger partial charge in [-0.05, 0) is 25.3 Å². The van der Waals surface area contributed by atoms with Crippen molar-refractivity contribution >= 4 is 18.0 Å². The molecule has 126 valence electrons. The van der Waals surface area contributed by atoms with Crippen LogP contribution in [0, 0.1) is 13.8 Å². The van der Waals surface area contributed by atoms with Crippen molar-refractivity contribution < 1.29 is 21.9 Å². The molecule has 0 saturated heterocycles. The third kappa shape index (κ3) is 4.68. The van der Waals surface area contributed by atoms with E-state index in [4.69, 9.17) is 0 Å². The number of aryl methyl sites for hydroxylation is 2. The second-order valence-electron chi connectivity index (χ2n) is 5.23. The maximum Gasteiger partial charge on any atom is 0.673 e. The Bertz CT molecular complexity index is 890. The lowest BCUT2D eigenvalue weighted by Crippen LogP contribution is -2.44. The summed E-state index contributed by atoms with van der Waals surface area (Å²) in [7, 11) is -6.00. The van der Waals surface area contributed by atoms with Gasteiger partial charge >= 0.3 is 7.25 Å². The first-order valence-electron chi connectivity index (χ1n) is 7.13. The number of benzene rings is 1. The summed E-state index contributed by atoms with van der Waals surface area (Å²) in [6.07, 6.45) is 4.08. The van der Waals surface area contributed by atoms with Gasteiger partial charge in [0.1, 0.15) is 0 Å². The molecule has 0 aliphatic rings. The lowest BCUT2D eigenvalue weighted by molar-refractivity contribution is -0.728. The highest BCUT2D eigenvalue weighted by molar-refractivity contribution is 6.50. The fourth-order valence-electron chi connectivity index (χ4n) is 2.47. The molecule has 0 aliphatic carbocycles. The topological polar surface area (TPSA) is 25.9 Å². The molecule has 0 saturated carbocycles. The van der Waals surface area contributed by atoms with Gasteiger partial charge in [-0.3, -0.25) is 4.79 Å². The van der Waals surface area contributed by atoms with E-state index in [0.717, 1.165) is 11.4 Å². The van der Waals surface area contributed by atoms with Gasteiger partial charge in [0.25, 0.3) is 0 Å². The summed E-state index contributed by atoms with van der Waals surface area (Å²) in [5.41, 5.74) is 1.89. The summed E-state index contributed by atoms with van der Waals surface area (Å²) in [5.74, 6) is 0. The predicted octanol–water partition coefficient (Wildman–Crippen LogP) is 3.52. The number of halogens is 4. The Balaban J connectivity index is 0.000000368. The predicted molar refractivity (Wildman–Crippen MR) is 85.3 cm³/mol. The Kier molecular flexibility index (Phi) is 5.06. The number of nitrogens with zero attached hydrogens (tertiary/aromatic N) is 2. The van der Waals surface area contributed by atoms with Crippen molar-refractivity contribution in [2.24, 2.45) is 0 Å². The molecular formula is C16H15BF4N2O. The van der Waals surface area contributed by atoms with Gasteiger partial charge in [0.2, 0.25) is 12.4 Å². The van der Waals surface area contributed by atoms with E-state index in [0.29, 0.717) is 0 Å². The molecule has 0 N–H and O–H groups in total. The van der Waals surface area contributed by atoms with Crippen molar-refractivity contribution in [1.82, 2.24) is 4.68 Å². The minimum Gasteiger partial charge on any atom is -0.418 e. The van der Waals surface area contributed by atoms with Crippen molar-refractivity contribution in [1.29, 1.82) is 0 Å². The van der Waals surface area contributed by atoms with Crippen LogP contribution in [-0.2, 0) is 0 Å². The Hall–Kier alpha value is -2.64. The van der Waals surface area contributed by atoms with E-state index in [-0.39, 0.29) is 5.43 Å². The number of hydrogen-bond acceptors (Lipinski definition) is 1. The van der Waals surface area contributed by atoms with Gasteiger partial charge in [-0.25, -0.2) is 0 Å². The van der Waals surface area contributed by atoms with Gasteiger partial charge in [0.15, 0.2) is 5.43 Å². The summed E-state index contributed by atoms with van der Waals surface area (Å²) in [6.45, 7) is 3.88. The molecule has 24 heavy (non-hydrogen) atoms. The molecule has 2 heterocycles. The molecule has 0 amide bonds. The minimum atomic E-state index is -6.00. The lowest BCUT2D eigenvalue weighted by Gasteiger charge is -2.08. The Morgan fingerprint density at radius 3 is 1.96 bits per heavy atom. The average Bonchev–Trinajstić information content (AvgIpc) is 2.44. The molecule has 0 aliphatic heterocycles. The lowest BCUT2D eigenvalue weighted by atomic mass is 10.2. The van der Waals surface area contributed by atoms with Gasteiger partial charge in [-0.15, -0.1) is 4.68 Å². The van der Waals surface area contributed by atoms with E-state index in [1.165, 1.54) is 10.8 Å². The molecule has 3 aromatic rings. The van der Waals surface area contributed by atoms with E-state index >= 15 is 0 Å². The van der Waals surface area contributed by atoms with E-state index in [9.17, 15) is 22.1 Å². The molecule has 0 spiro atoms. The second-order valence-corrected chi connectivity index (χ2v) is 5.23. The summed E-state index contributed by atoms with van der Waals surface area (Å²) < 4.78 is 43.0. The quantitative estimate of drug-likeness (QED) is 0.379. The van der Waals surface area contributed by atoms with Crippen molar-refractivity contribution in [2.45, 2.75) is 13.8 Å². The smallest absolute Gasteiger partial charge is 0.418 e. The molecule has 3 rings (SSSR count). The highest BCUT2D eigenvalue weighted by atomic mass is 19.5. The number of fused-ring (bicyclic) bond motifs is 1. The summed E-state index contributed by atoms with van der Waals surface area (Å²) >= 11 is 0. The van der Waals surface area contributed by atoms with Crippen LogP contribution in [0.4, 0.5) is 17.3 Å². The van der Waals surface area contributed by atoms with Crippen molar-refractivity contribution in [3.8, 4) is 0 Å². The highest BCUT2D eigenvalue weighted by Crippen LogP contribution is 2.10. The zero-order chi connectivity index (χ0) is 17.9. The Labute approximate surface area is 135 Å². The van der Waals surface area contributed by atoms with Crippen LogP contribution >= 0.6 is 0 Å². The van der Waals surface area contributed by atoms with E-state index in [2.05, 4.69) is 24.4 Å². The van der Waals surface area contributed by atoms with Gasteiger partial charge in [-0.1, -0.05) is 22.9 Å². The largest absolute Gasteiger partial charge is 0.673 e. The molecule has 0 fully saturated rings. The van der Waals surface area contributed by atoms with Crippen LogP contribution in [0.2, 0.25) is 0 Å². The minimum absolute atomic E-state index is 0.0487. The molecule has 0 unspecified atom stereocenters. The average molecular weight is 338 g/mol. The standard InChI is InChI=1S/C16H15N2O.BF4/c1-12-9-16(19)10-13(2)18(12)17-8-7-14-5-3-4-6-15(14)11-17;2-1(3,4)5/h3-11H,1-2H3;/q+1;-1. The fourth-order valence-corrected chi connectivity index (χ4v) is 2.47. The SMILES string of the molecule is Cc1cc(=O)cc(C)n1-[n+]1ccc2ccccc2c1.F[B-](F)(F)F. The number of aromatic nitrogens is 2. The van der Waals surface area contributed by atoms with Gasteiger partial charge in [-0.2, -0.15) is 0 Å². The molecule has 1 aromatic carbocycles. The van der Waals surface area contributed by atoms with Crippen LogP contribution in [0.1, 0.15) is 11.4 Å². The van der Waals surface area contributed by atoms with Crippen molar-refractivity contribution in [3.05, 3.63) is 76.5 Å². The third-order valence-corrected chi connectivity index (χ3v) is 3.28. The number of rotatable bonds is 1. The van der Waals surface area contributed by atoms with Crippen LogP contribution in [0.3, 0.4) is 0 Å². The fraction of sp³-hybridized carbons (Fsp3) is 0.125. The van der Waals surface area contributed by atoms with Crippen LogP contribution in [0.5, 0.6) is 0 Å². The summed E-state index contributed by atoms with van der Waals surface area (Å²) in [6, 6.07) is 13.6. The molecule has 0 bridgehead atoms. The third-order valence-electron chi connectivity index (χ3n) is 3.28.